The van der Waals surface area contributed by atoms with Crippen LogP contribution in [0.25, 0.3) is 0 Å². The minimum Gasteiger partial charge on any atom is -0.464 e. The van der Waals surface area contributed by atoms with Gasteiger partial charge in [-0.1, -0.05) is 13.5 Å². The SMILES string of the molecule is C=CC(=O)N1CCC[C@H]1C(=O)N1CCC[C@H]1C(=O)OCCC. The van der Waals surface area contributed by atoms with Crippen molar-refractivity contribution in [2.45, 2.75) is 51.1 Å². The molecular formula is C16H24N2O4. The van der Waals surface area contributed by atoms with Gasteiger partial charge in [-0.3, -0.25) is 9.59 Å². The van der Waals surface area contributed by atoms with Crippen LogP contribution in [-0.4, -0.2) is 59.4 Å². The van der Waals surface area contributed by atoms with Crippen molar-refractivity contribution in [2.24, 2.45) is 0 Å². The number of nitrogens with zero attached hydrogens (tertiary/aromatic N) is 2. The summed E-state index contributed by atoms with van der Waals surface area (Å²) in [6.07, 6.45) is 4.87. The van der Waals surface area contributed by atoms with Gasteiger partial charge in [-0.25, -0.2) is 4.79 Å². The number of amides is 2. The first-order chi connectivity index (χ1) is 10.6. The number of ether oxygens (including phenoxy) is 1. The number of carbonyl (C=O) groups excluding carboxylic acids is 3. The maximum Gasteiger partial charge on any atom is 0.328 e. The van der Waals surface area contributed by atoms with Crippen LogP contribution in [0.15, 0.2) is 12.7 Å². The summed E-state index contributed by atoms with van der Waals surface area (Å²) in [5.74, 6) is -0.684. The second kappa shape index (κ2) is 7.42. The van der Waals surface area contributed by atoms with E-state index in [9.17, 15) is 14.4 Å². The van der Waals surface area contributed by atoms with Crippen LogP contribution in [0.5, 0.6) is 0 Å². The van der Waals surface area contributed by atoms with Crippen LogP contribution in [-0.2, 0) is 19.1 Å². The molecule has 0 saturated carbocycles. The van der Waals surface area contributed by atoms with Gasteiger partial charge in [0, 0.05) is 13.1 Å². The van der Waals surface area contributed by atoms with Gasteiger partial charge in [0.15, 0.2) is 0 Å². The summed E-state index contributed by atoms with van der Waals surface area (Å²) < 4.78 is 5.18. The predicted molar refractivity (Wildman–Crippen MR) is 80.9 cm³/mol. The molecule has 2 amide bonds. The zero-order valence-corrected chi connectivity index (χ0v) is 13.1. The maximum atomic E-state index is 12.8. The van der Waals surface area contributed by atoms with Crippen LogP contribution in [0.2, 0.25) is 0 Å². The highest BCUT2D eigenvalue weighted by Crippen LogP contribution is 2.25. The summed E-state index contributed by atoms with van der Waals surface area (Å²) in [6, 6.07) is -0.967. The Hall–Kier alpha value is -1.85. The number of rotatable bonds is 5. The number of hydrogen-bond donors (Lipinski definition) is 0. The molecule has 2 saturated heterocycles. The van der Waals surface area contributed by atoms with E-state index in [1.54, 1.807) is 9.80 Å². The molecule has 6 heteroatoms. The molecule has 6 nitrogen and oxygen atoms in total. The Bertz CT molecular complexity index is 463. The lowest BCUT2D eigenvalue weighted by Gasteiger charge is -2.30. The molecule has 0 aromatic rings. The molecule has 2 atom stereocenters. The van der Waals surface area contributed by atoms with E-state index in [4.69, 9.17) is 4.74 Å². The fourth-order valence-corrected chi connectivity index (χ4v) is 3.17. The van der Waals surface area contributed by atoms with Gasteiger partial charge >= 0.3 is 5.97 Å². The molecule has 0 unspecified atom stereocenters. The largest absolute Gasteiger partial charge is 0.464 e. The van der Waals surface area contributed by atoms with Gasteiger partial charge in [0.05, 0.1) is 6.61 Å². The van der Waals surface area contributed by atoms with Crippen molar-refractivity contribution >= 4 is 17.8 Å². The highest BCUT2D eigenvalue weighted by Gasteiger charge is 2.42. The van der Waals surface area contributed by atoms with Crippen molar-refractivity contribution in [3.8, 4) is 0 Å². The summed E-state index contributed by atoms with van der Waals surface area (Å²) in [4.78, 5) is 39.8. The average molecular weight is 308 g/mol. The fraction of sp³-hybridized carbons (Fsp3) is 0.688. The summed E-state index contributed by atoms with van der Waals surface area (Å²) in [5.41, 5.74) is 0. The lowest BCUT2D eigenvalue weighted by Crippen LogP contribution is -2.51. The van der Waals surface area contributed by atoms with Gasteiger partial charge in [0.1, 0.15) is 12.1 Å². The van der Waals surface area contributed by atoms with E-state index in [0.717, 1.165) is 19.3 Å². The standard InChI is InChI=1S/C16H24N2O4/c1-3-11-22-16(21)13-8-6-10-18(13)15(20)12-7-5-9-17(12)14(19)4-2/h4,12-13H,2-3,5-11H2,1H3/t12-,13-/m0/s1. The molecule has 22 heavy (non-hydrogen) atoms. The Labute approximate surface area is 131 Å². The third-order valence-corrected chi connectivity index (χ3v) is 4.25. The molecule has 2 aliphatic rings. The smallest absolute Gasteiger partial charge is 0.328 e. The maximum absolute atomic E-state index is 12.8. The van der Waals surface area contributed by atoms with E-state index < -0.39 is 12.1 Å². The van der Waals surface area contributed by atoms with E-state index in [2.05, 4.69) is 6.58 Å². The lowest BCUT2D eigenvalue weighted by molar-refractivity contribution is -0.155. The molecule has 0 aliphatic carbocycles. The van der Waals surface area contributed by atoms with E-state index in [-0.39, 0.29) is 17.8 Å². The molecule has 0 bridgehead atoms. The van der Waals surface area contributed by atoms with Crippen molar-refractivity contribution < 1.29 is 19.1 Å². The molecule has 2 aliphatic heterocycles. The molecule has 0 aromatic carbocycles. The monoisotopic (exact) mass is 308 g/mol. The second-order valence-electron chi connectivity index (χ2n) is 5.75. The van der Waals surface area contributed by atoms with Gasteiger partial charge in [0.25, 0.3) is 0 Å². The average Bonchev–Trinajstić information content (AvgIpc) is 3.19. The van der Waals surface area contributed by atoms with Crippen LogP contribution < -0.4 is 0 Å². The zero-order chi connectivity index (χ0) is 16.1. The van der Waals surface area contributed by atoms with Crippen molar-refractivity contribution in [1.82, 2.24) is 9.80 Å². The highest BCUT2D eigenvalue weighted by molar-refractivity contribution is 5.94. The van der Waals surface area contributed by atoms with E-state index in [1.807, 2.05) is 6.92 Å². The van der Waals surface area contributed by atoms with Crippen molar-refractivity contribution in [3.63, 3.8) is 0 Å². The Morgan fingerprint density at radius 3 is 2.41 bits per heavy atom. The number of likely N-dealkylation sites (tertiary alicyclic amines) is 2. The highest BCUT2D eigenvalue weighted by atomic mass is 16.5. The summed E-state index contributed by atoms with van der Waals surface area (Å²) in [7, 11) is 0. The third-order valence-electron chi connectivity index (χ3n) is 4.25. The Morgan fingerprint density at radius 1 is 1.14 bits per heavy atom. The normalized spacial score (nSPS) is 24.4. The number of carbonyl (C=O) groups is 3. The van der Waals surface area contributed by atoms with E-state index >= 15 is 0 Å². The topological polar surface area (TPSA) is 66.9 Å². The minimum absolute atomic E-state index is 0.136. The molecular weight excluding hydrogens is 284 g/mol. The van der Waals surface area contributed by atoms with E-state index in [1.165, 1.54) is 6.08 Å². The van der Waals surface area contributed by atoms with Crippen LogP contribution in [0, 0.1) is 0 Å². The summed E-state index contributed by atoms with van der Waals surface area (Å²) in [5, 5.41) is 0. The third kappa shape index (κ3) is 3.31. The van der Waals surface area contributed by atoms with Gasteiger partial charge < -0.3 is 14.5 Å². The molecule has 2 fully saturated rings. The molecule has 2 heterocycles. The van der Waals surface area contributed by atoms with Crippen LogP contribution >= 0.6 is 0 Å². The van der Waals surface area contributed by atoms with Gasteiger partial charge in [-0.2, -0.15) is 0 Å². The van der Waals surface area contributed by atoms with Gasteiger partial charge in [-0.15, -0.1) is 0 Å². The zero-order valence-electron chi connectivity index (χ0n) is 13.1. The van der Waals surface area contributed by atoms with Gasteiger partial charge in [0.2, 0.25) is 11.8 Å². The van der Waals surface area contributed by atoms with Crippen molar-refractivity contribution in [1.29, 1.82) is 0 Å². The quantitative estimate of drug-likeness (QED) is 0.563. The first-order valence-corrected chi connectivity index (χ1v) is 8.00. The van der Waals surface area contributed by atoms with Crippen molar-refractivity contribution in [3.05, 3.63) is 12.7 Å². The molecule has 0 spiro atoms. The summed E-state index contributed by atoms with van der Waals surface area (Å²) in [6.45, 7) is 6.92. The first-order valence-electron chi connectivity index (χ1n) is 8.00. The van der Waals surface area contributed by atoms with Crippen LogP contribution in [0.1, 0.15) is 39.0 Å². The lowest BCUT2D eigenvalue weighted by atomic mass is 10.1. The van der Waals surface area contributed by atoms with E-state index in [0.29, 0.717) is 32.5 Å². The molecule has 122 valence electrons. The predicted octanol–water partition coefficient (Wildman–Crippen LogP) is 1.11. The molecule has 2 rings (SSSR count). The fourth-order valence-electron chi connectivity index (χ4n) is 3.17. The Morgan fingerprint density at radius 2 is 1.77 bits per heavy atom. The first kappa shape index (κ1) is 16.5. The molecule has 0 aromatic heterocycles. The van der Waals surface area contributed by atoms with Gasteiger partial charge in [-0.05, 0) is 38.2 Å². The minimum atomic E-state index is -0.500. The molecule has 0 radical (unpaired) electrons. The van der Waals surface area contributed by atoms with Crippen molar-refractivity contribution in [2.75, 3.05) is 19.7 Å². The summed E-state index contributed by atoms with van der Waals surface area (Å²) >= 11 is 0. The molecule has 0 N–H and O–H groups in total. The second-order valence-corrected chi connectivity index (χ2v) is 5.75. The number of hydrogen-bond acceptors (Lipinski definition) is 4. The van der Waals surface area contributed by atoms with Crippen LogP contribution in [0.3, 0.4) is 0 Å². The Balaban J connectivity index is 2.05. The number of esters is 1. The van der Waals surface area contributed by atoms with Crippen LogP contribution in [0.4, 0.5) is 0 Å². The Kier molecular flexibility index (Phi) is 5.57.